The van der Waals surface area contributed by atoms with Crippen molar-refractivity contribution in [2.75, 3.05) is 38.8 Å². The Morgan fingerprint density at radius 1 is 1.21 bits per heavy atom. The summed E-state index contributed by atoms with van der Waals surface area (Å²) in [5.74, 6) is 1.78. The lowest BCUT2D eigenvalue weighted by Crippen LogP contribution is -2.49. The number of aromatic nitrogens is 1. The molecule has 0 atom stereocenters. The van der Waals surface area contributed by atoms with Crippen molar-refractivity contribution in [1.29, 1.82) is 0 Å². The maximum absolute atomic E-state index is 11.7. The molecule has 28 heavy (non-hydrogen) atoms. The number of hydrogen-bond acceptors (Lipinski definition) is 6. The van der Waals surface area contributed by atoms with Crippen LogP contribution in [0.3, 0.4) is 0 Å². The first-order valence-electron chi connectivity index (χ1n) is 9.46. The van der Waals surface area contributed by atoms with Crippen molar-refractivity contribution in [3.8, 4) is 11.5 Å². The molecule has 0 amide bonds. The van der Waals surface area contributed by atoms with Gasteiger partial charge in [0.1, 0.15) is 0 Å². The summed E-state index contributed by atoms with van der Waals surface area (Å²) in [5, 5.41) is 6.37. The van der Waals surface area contributed by atoms with Crippen LogP contribution in [0.1, 0.15) is 19.3 Å². The first-order chi connectivity index (χ1) is 13.4. The number of pyridine rings is 1. The number of nitrogens with two attached hydrogens (primary N) is 1. The first kappa shape index (κ1) is 19.2. The predicted octanol–water partition coefficient (Wildman–Crippen LogP) is 1.75. The highest BCUT2D eigenvalue weighted by molar-refractivity contribution is 7.86. The molecule has 1 saturated heterocycles. The van der Waals surface area contributed by atoms with E-state index >= 15 is 0 Å². The number of nitrogens with zero attached hydrogens (tertiary/aromatic N) is 3. The Morgan fingerprint density at radius 3 is 2.50 bits per heavy atom. The van der Waals surface area contributed by atoms with Gasteiger partial charge < -0.3 is 14.4 Å². The van der Waals surface area contributed by atoms with E-state index in [0.717, 1.165) is 48.9 Å². The number of rotatable bonds is 8. The minimum Gasteiger partial charge on any atom is -0.493 e. The van der Waals surface area contributed by atoms with Gasteiger partial charge in [0.2, 0.25) is 0 Å². The van der Waals surface area contributed by atoms with Crippen molar-refractivity contribution in [3.63, 3.8) is 0 Å². The van der Waals surface area contributed by atoms with Crippen molar-refractivity contribution in [2.45, 2.75) is 25.3 Å². The zero-order valence-corrected chi connectivity index (χ0v) is 17.0. The summed E-state index contributed by atoms with van der Waals surface area (Å²) >= 11 is 0. The van der Waals surface area contributed by atoms with Crippen LogP contribution >= 0.6 is 0 Å². The minimum atomic E-state index is -3.60. The van der Waals surface area contributed by atoms with Crippen molar-refractivity contribution >= 4 is 26.8 Å². The van der Waals surface area contributed by atoms with E-state index in [4.69, 9.17) is 14.6 Å². The highest BCUT2D eigenvalue weighted by Gasteiger charge is 2.37. The van der Waals surface area contributed by atoms with E-state index in [9.17, 15) is 8.42 Å². The number of benzene rings is 1. The molecule has 1 aromatic heterocycles. The molecule has 2 aromatic rings. The summed E-state index contributed by atoms with van der Waals surface area (Å²) in [5.41, 5.74) is 1.96. The molecule has 152 valence electrons. The maximum atomic E-state index is 11.7. The standard InChI is InChI=1S/C19H26N4O4S/c1-26-18-9-15-16(10-19(18)27-2)21-7-5-17(15)22-11-13(12-22)6-8-23(14-3-4-14)28(20,24)25/h5,7,9-10,13-14H,3-4,6,8,11-12H2,1-2H3,(H2,20,24,25). The third-order valence-corrected chi connectivity index (χ3v) is 6.69. The zero-order chi connectivity index (χ0) is 19.9. The molecule has 2 aliphatic rings. The fourth-order valence-corrected chi connectivity index (χ4v) is 4.86. The molecular weight excluding hydrogens is 380 g/mol. The molecule has 1 saturated carbocycles. The van der Waals surface area contributed by atoms with Gasteiger partial charge in [-0.25, -0.2) is 5.14 Å². The third-order valence-electron chi connectivity index (χ3n) is 5.56. The van der Waals surface area contributed by atoms with Crippen LogP contribution in [-0.2, 0) is 10.2 Å². The van der Waals surface area contributed by atoms with E-state index in [1.807, 2.05) is 18.2 Å². The molecule has 4 rings (SSSR count). The summed E-state index contributed by atoms with van der Waals surface area (Å²) in [4.78, 5) is 6.74. The van der Waals surface area contributed by atoms with Gasteiger partial charge in [0, 0.05) is 49.0 Å². The quantitative estimate of drug-likeness (QED) is 0.717. The summed E-state index contributed by atoms with van der Waals surface area (Å²) in [6.45, 7) is 2.28. The third kappa shape index (κ3) is 3.74. The molecule has 9 heteroatoms. The molecular formula is C19H26N4O4S. The average Bonchev–Trinajstić information content (AvgIpc) is 3.45. The van der Waals surface area contributed by atoms with E-state index in [-0.39, 0.29) is 6.04 Å². The molecule has 2 N–H and O–H groups in total. The van der Waals surface area contributed by atoms with Gasteiger partial charge in [0.25, 0.3) is 10.2 Å². The van der Waals surface area contributed by atoms with Gasteiger partial charge in [-0.1, -0.05) is 0 Å². The second-order valence-corrected chi connectivity index (χ2v) is 9.00. The highest BCUT2D eigenvalue weighted by atomic mass is 32.2. The van der Waals surface area contributed by atoms with E-state index in [1.165, 1.54) is 4.31 Å². The average molecular weight is 407 g/mol. The van der Waals surface area contributed by atoms with Crippen LogP contribution in [0.5, 0.6) is 11.5 Å². The van der Waals surface area contributed by atoms with Crippen molar-refractivity contribution in [1.82, 2.24) is 9.29 Å². The Bertz CT molecular complexity index is 971. The van der Waals surface area contributed by atoms with Crippen LogP contribution in [0.2, 0.25) is 0 Å². The van der Waals surface area contributed by atoms with Gasteiger partial charge in [-0.05, 0) is 37.3 Å². The Labute approximate surface area is 165 Å². The number of methoxy groups -OCH3 is 2. The predicted molar refractivity (Wildman–Crippen MR) is 108 cm³/mol. The molecule has 8 nitrogen and oxygen atoms in total. The number of ether oxygens (including phenoxy) is 2. The van der Waals surface area contributed by atoms with Crippen LogP contribution in [0.25, 0.3) is 10.9 Å². The SMILES string of the molecule is COc1cc2nccc(N3CC(CCN(C4CC4)S(N)(=O)=O)C3)c2cc1OC. The summed E-state index contributed by atoms with van der Waals surface area (Å²) < 4.78 is 35.7. The van der Waals surface area contributed by atoms with Gasteiger partial charge in [-0.15, -0.1) is 0 Å². The maximum Gasteiger partial charge on any atom is 0.277 e. The largest absolute Gasteiger partial charge is 0.493 e. The Balaban J connectivity index is 1.45. The van der Waals surface area contributed by atoms with Crippen molar-refractivity contribution < 1.29 is 17.9 Å². The van der Waals surface area contributed by atoms with E-state index in [1.54, 1.807) is 20.4 Å². The summed E-state index contributed by atoms with van der Waals surface area (Å²) in [7, 11) is -0.372. The van der Waals surface area contributed by atoms with E-state index in [0.29, 0.717) is 24.0 Å². The van der Waals surface area contributed by atoms with Crippen molar-refractivity contribution in [3.05, 3.63) is 24.4 Å². The second-order valence-electron chi connectivity index (χ2n) is 7.50. The molecule has 2 fully saturated rings. The topological polar surface area (TPSA) is 98.0 Å². The van der Waals surface area contributed by atoms with Gasteiger partial charge in [-0.3, -0.25) is 4.98 Å². The monoisotopic (exact) mass is 406 g/mol. The molecule has 0 unspecified atom stereocenters. The van der Waals surface area contributed by atoms with Gasteiger partial charge >= 0.3 is 0 Å². The first-order valence-corrected chi connectivity index (χ1v) is 11.0. The van der Waals surface area contributed by atoms with Gasteiger partial charge in [0.15, 0.2) is 11.5 Å². The van der Waals surface area contributed by atoms with Crippen LogP contribution in [-0.4, -0.2) is 57.6 Å². The van der Waals surface area contributed by atoms with Crippen LogP contribution in [0, 0.1) is 5.92 Å². The molecule has 0 radical (unpaired) electrons. The van der Waals surface area contributed by atoms with E-state index < -0.39 is 10.2 Å². The smallest absolute Gasteiger partial charge is 0.277 e. The minimum absolute atomic E-state index is 0.109. The Hall–Kier alpha value is -2.10. The molecule has 1 aromatic carbocycles. The van der Waals surface area contributed by atoms with Crippen LogP contribution in [0.15, 0.2) is 24.4 Å². The number of hydrogen-bond donors (Lipinski definition) is 1. The number of fused-ring (bicyclic) bond motifs is 1. The Kier molecular flexibility index (Phi) is 5.07. The van der Waals surface area contributed by atoms with E-state index in [2.05, 4.69) is 9.88 Å². The molecule has 0 bridgehead atoms. The molecule has 0 spiro atoms. The lowest BCUT2D eigenvalue weighted by atomic mass is 9.95. The molecule has 2 heterocycles. The molecule has 1 aliphatic heterocycles. The lowest BCUT2D eigenvalue weighted by molar-refractivity contribution is 0.320. The fraction of sp³-hybridized carbons (Fsp3) is 0.526. The Morgan fingerprint density at radius 2 is 1.89 bits per heavy atom. The molecule has 1 aliphatic carbocycles. The fourth-order valence-electron chi connectivity index (χ4n) is 3.87. The summed E-state index contributed by atoms with van der Waals surface area (Å²) in [6.07, 6.45) is 4.46. The normalized spacial score (nSPS) is 17.8. The highest BCUT2D eigenvalue weighted by Crippen LogP contribution is 2.38. The van der Waals surface area contributed by atoms with Gasteiger partial charge in [0.05, 0.1) is 19.7 Å². The van der Waals surface area contributed by atoms with Crippen molar-refractivity contribution in [2.24, 2.45) is 11.1 Å². The number of anilines is 1. The van der Waals surface area contributed by atoms with Crippen LogP contribution in [0.4, 0.5) is 5.69 Å². The zero-order valence-electron chi connectivity index (χ0n) is 16.2. The second kappa shape index (κ2) is 7.38. The lowest BCUT2D eigenvalue weighted by Gasteiger charge is -2.42. The summed E-state index contributed by atoms with van der Waals surface area (Å²) in [6, 6.07) is 5.96. The van der Waals surface area contributed by atoms with Crippen LogP contribution < -0.4 is 19.5 Å². The van der Waals surface area contributed by atoms with Gasteiger partial charge in [-0.2, -0.15) is 12.7 Å².